The minimum absolute atomic E-state index is 0.0126. The van der Waals surface area contributed by atoms with Gasteiger partial charge in [0, 0.05) is 10.0 Å². The molecule has 25 heavy (non-hydrogen) atoms. The second kappa shape index (κ2) is 7.60. The molecule has 0 atom stereocenters. The fourth-order valence-electron chi connectivity index (χ4n) is 1.80. The quantitative estimate of drug-likeness (QED) is 0.386. The van der Waals surface area contributed by atoms with Gasteiger partial charge in [0.1, 0.15) is 0 Å². The van der Waals surface area contributed by atoms with Gasteiger partial charge in [0.2, 0.25) is 0 Å². The molecule has 0 aliphatic heterocycles. The van der Waals surface area contributed by atoms with Gasteiger partial charge in [0.05, 0.1) is 5.69 Å². The van der Waals surface area contributed by atoms with Gasteiger partial charge in [-0.1, -0.05) is 45.8 Å². The van der Waals surface area contributed by atoms with Crippen LogP contribution in [0.2, 0.25) is 0 Å². The molecule has 0 unspecified atom stereocenters. The van der Waals surface area contributed by atoms with Crippen LogP contribution in [0.15, 0.2) is 68.9 Å². The average molecular weight is 413 g/mol. The van der Waals surface area contributed by atoms with Gasteiger partial charge < -0.3 is 5.11 Å². The third-order valence-corrected chi connectivity index (χ3v) is 3.64. The van der Waals surface area contributed by atoms with Crippen LogP contribution in [0.4, 0.5) is 18.9 Å². The number of aliphatic hydroxyl groups excluding tert-OH is 1. The number of rotatable bonds is 4. The Hall–Kier alpha value is -2.48. The smallest absolute Gasteiger partial charge is 0.456 e. The summed E-state index contributed by atoms with van der Waals surface area (Å²) in [4.78, 5) is 11.6. The van der Waals surface area contributed by atoms with Crippen LogP contribution in [-0.4, -0.2) is 17.1 Å². The molecule has 0 fully saturated rings. The highest BCUT2D eigenvalue weighted by Gasteiger charge is 2.43. The highest BCUT2D eigenvalue weighted by atomic mass is 79.9. The topological polar surface area (TPSA) is 62.0 Å². The number of hydrogen-bond acceptors (Lipinski definition) is 4. The van der Waals surface area contributed by atoms with E-state index in [-0.39, 0.29) is 11.3 Å². The lowest BCUT2D eigenvalue weighted by molar-refractivity contribution is -0.166. The third-order valence-electron chi connectivity index (χ3n) is 3.11. The summed E-state index contributed by atoms with van der Waals surface area (Å²) in [5, 5.41) is 17.1. The number of carbonyl (C=O) groups excluding carboxylic acids is 1. The van der Waals surface area contributed by atoms with Crippen LogP contribution in [0.3, 0.4) is 0 Å². The molecule has 0 spiro atoms. The van der Waals surface area contributed by atoms with Gasteiger partial charge in [0.15, 0.2) is 11.5 Å². The Morgan fingerprint density at radius 3 is 2.12 bits per heavy atom. The van der Waals surface area contributed by atoms with Crippen molar-refractivity contribution in [3.63, 3.8) is 0 Å². The number of carbonyl (C=O) groups is 1. The first-order valence-corrected chi connectivity index (χ1v) is 7.77. The Balaban J connectivity index is 2.49. The van der Waals surface area contributed by atoms with Crippen molar-refractivity contribution in [2.75, 3.05) is 0 Å². The van der Waals surface area contributed by atoms with Crippen molar-refractivity contribution in [3.8, 4) is 0 Å². The summed E-state index contributed by atoms with van der Waals surface area (Å²) in [7, 11) is 0. The number of ketones is 1. The lowest BCUT2D eigenvalue weighted by Gasteiger charge is -2.08. The standard InChI is InChI=1S/C17H12BrF3N2O2/c1-10-2-8-13(9-3-10)22-23-14(16(25)17(19,20)21)15(24)11-4-6-12(18)7-5-11/h2-9,24H,1H3/b15-14+,23-22?. The van der Waals surface area contributed by atoms with Crippen molar-refractivity contribution in [1.82, 2.24) is 0 Å². The SMILES string of the molecule is Cc1ccc(N=N/C(C(=O)C(F)(F)F)=C(/O)c2ccc(Br)cc2)cc1. The van der Waals surface area contributed by atoms with E-state index in [0.717, 1.165) is 5.56 Å². The Labute approximate surface area is 149 Å². The molecule has 0 saturated heterocycles. The molecule has 0 radical (unpaired) electrons. The van der Waals surface area contributed by atoms with E-state index in [1.165, 1.54) is 36.4 Å². The summed E-state index contributed by atoms with van der Waals surface area (Å²) in [6.07, 6.45) is -5.19. The Morgan fingerprint density at radius 2 is 1.60 bits per heavy atom. The molecule has 8 heteroatoms. The maximum absolute atomic E-state index is 12.8. The summed E-state index contributed by atoms with van der Waals surface area (Å²) in [5.41, 5.74) is 0.0227. The fourth-order valence-corrected chi connectivity index (χ4v) is 2.06. The van der Waals surface area contributed by atoms with E-state index < -0.39 is 23.4 Å². The van der Waals surface area contributed by atoms with Crippen molar-refractivity contribution in [2.45, 2.75) is 13.1 Å². The molecular weight excluding hydrogens is 401 g/mol. The molecule has 130 valence electrons. The third kappa shape index (κ3) is 4.99. The molecular formula is C17H12BrF3N2O2. The second-order valence-corrected chi connectivity index (χ2v) is 5.98. The Morgan fingerprint density at radius 1 is 1.04 bits per heavy atom. The number of alkyl halides is 3. The lowest BCUT2D eigenvalue weighted by Crippen LogP contribution is -2.24. The van der Waals surface area contributed by atoms with Crippen molar-refractivity contribution in [1.29, 1.82) is 0 Å². The highest BCUT2D eigenvalue weighted by molar-refractivity contribution is 9.10. The van der Waals surface area contributed by atoms with Crippen LogP contribution in [0, 0.1) is 6.92 Å². The molecule has 0 heterocycles. The largest absolute Gasteiger partial charge is 0.505 e. The van der Waals surface area contributed by atoms with Crippen LogP contribution >= 0.6 is 15.9 Å². The first-order chi connectivity index (χ1) is 11.7. The first kappa shape index (κ1) is 18.9. The zero-order chi connectivity index (χ0) is 18.6. The summed E-state index contributed by atoms with van der Waals surface area (Å²) < 4.78 is 39.1. The summed E-state index contributed by atoms with van der Waals surface area (Å²) in [6, 6.07) is 12.2. The van der Waals surface area contributed by atoms with E-state index in [1.807, 2.05) is 6.92 Å². The number of nitrogens with zero attached hydrogens (tertiary/aromatic N) is 2. The molecule has 0 aliphatic rings. The molecule has 0 bridgehead atoms. The van der Waals surface area contributed by atoms with Crippen molar-refractivity contribution in [3.05, 3.63) is 69.8 Å². The number of benzene rings is 2. The van der Waals surface area contributed by atoms with Gasteiger partial charge >= 0.3 is 6.18 Å². The van der Waals surface area contributed by atoms with E-state index in [9.17, 15) is 23.1 Å². The number of halogens is 4. The normalized spacial score (nSPS) is 13.0. The average Bonchev–Trinajstić information content (AvgIpc) is 2.56. The van der Waals surface area contributed by atoms with Gasteiger partial charge in [0.25, 0.3) is 5.78 Å². The minimum Gasteiger partial charge on any atom is -0.505 e. The van der Waals surface area contributed by atoms with E-state index in [2.05, 4.69) is 26.2 Å². The van der Waals surface area contributed by atoms with Crippen LogP contribution in [0.5, 0.6) is 0 Å². The number of aryl methyl sites for hydroxylation is 1. The molecule has 4 nitrogen and oxygen atoms in total. The zero-order valence-corrected chi connectivity index (χ0v) is 14.5. The summed E-state index contributed by atoms with van der Waals surface area (Å²) in [6.45, 7) is 1.83. The van der Waals surface area contributed by atoms with E-state index in [0.29, 0.717) is 4.47 Å². The number of azo groups is 1. The molecule has 0 aromatic heterocycles. The Kier molecular flexibility index (Phi) is 5.73. The van der Waals surface area contributed by atoms with Gasteiger partial charge in [-0.25, -0.2) is 0 Å². The van der Waals surface area contributed by atoms with Gasteiger partial charge in [-0.05, 0) is 31.2 Å². The van der Waals surface area contributed by atoms with Crippen LogP contribution in [-0.2, 0) is 4.79 Å². The van der Waals surface area contributed by atoms with Crippen LogP contribution in [0.25, 0.3) is 5.76 Å². The van der Waals surface area contributed by atoms with E-state index >= 15 is 0 Å². The van der Waals surface area contributed by atoms with Crippen molar-refractivity contribution in [2.24, 2.45) is 10.2 Å². The van der Waals surface area contributed by atoms with Gasteiger partial charge in [-0.15, -0.1) is 5.11 Å². The van der Waals surface area contributed by atoms with Crippen LogP contribution in [0.1, 0.15) is 11.1 Å². The number of aliphatic hydroxyl groups is 1. The Bertz CT molecular complexity index is 826. The van der Waals surface area contributed by atoms with Gasteiger partial charge in [-0.3, -0.25) is 4.79 Å². The highest BCUT2D eigenvalue weighted by Crippen LogP contribution is 2.28. The van der Waals surface area contributed by atoms with Crippen LogP contribution < -0.4 is 0 Å². The van der Waals surface area contributed by atoms with Gasteiger partial charge in [-0.2, -0.15) is 18.3 Å². The molecule has 0 aliphatic carbocycles. The number of allylic oxidation sites excluding steroid dienone is 1. The minimum atomic E-state index is -5.19. The number of Topliss-reactive ketones (excluding diaryl/α,β-unsaturated/α-hetero) is 1. The van der Waals surface area contributed by atoms with Crippen molar-refractivity contribution < 1.29 is 23.1 Å². The maximum Gasteiger partial charge on any atom is 0.456 e. The molecule has 2 aromatic rings. The molecule has 0 amide bonds. The first-order valence-electron chi connectivity index (χ1n) is 6.97. The van der Waals surface area contributed by atoms with Crippen molar-refractivity contribution >= 4 is 33.2 Å². The second-order valence-electron chi connectivity index (χ2n) is 5.07. The number of hydrogen-bond donors (Lipinski definition) is 1. The maximum atomic E-state index is 12.8. The fraction of sp³-hybridized carbons (Fsp3) is 0.118. The molecule has 1 N–H and O–H groups in total. The molecule has 2 rings (SSSR count). The predicted molar refractivity (Wildman–Crippen MR) is 90.4 cm³/mol. The molecule has 2 aromatic carbocycles. The monoisotopic (exact) mass is 412 g/mol. The lowest BCUT2D eigenvalue weighted by atomic mass is 10.1. The van der Waals surface area contributed by atoms with E-state index in [4.69, 9.17) is 0 Å². The summed E-state index contributed by atoms with van der Waals surface area (Å²) >= 11 is 3.17. The predicted octanol–water partition coefficient (Wildman–Crippen LogP) is 5.90. The summed E-state index contributed by atoms with van der Waals surface area (Å²) in [5.74, 6) is -3.17. The zero-order valence-electron chi connectivity index (χ0n) is 12.9. The van der Waals surface area contributed by atoms with E-state index in [1.54, 1.807) is 12.1 Å². The molecule has 0 saturated carbocycles.